The van der Waals surface area contributed by atoms with Gasteiger partial charge in [-0.1, -0.05) is 5.16 Å². The number of carbonyl (C=O) groups excluding carboxylic acids is 1. The lowest BCUT2D eigenvalue weighted by atomic mass is 10.2. The van der Waals surface area contributed by atoms with Crippen LogP contribution in [0, 0.1) is 11.6 Å². The van der Waals surface area contributed by atoms with Crippen LogP contribution >= 0.6 is 0 Å². The summed E-state index contributed by atoms with van der Waals surface area (Å²) in [6, 6.07) is 11.4. The number of benzene rings is 2. The Morgan fingerprint density at radius 1 is 1.04 bits per heavy atom. The van der Waals surface area contributed by atoms with E-state index in [9.17, 15) is 13.6 Å². The quantitative estimate of drug-likeness (QED) is 0.710. The van der Waals surface area contributed by atoms with Crippen LogP contribution in [-0.4, -0.2) is 23.1 Å². The monoisotopic (exact) mass is 343 g/mol. The van der Waals surface area contributed by atoms with E-state index in [0.717, 1.165) is 0 Å². The van der Waals surface area contributed by atoms with E-state index in [2.05, 4.69) is 10.1 Å². The molecule has 3 rings (SSSR count). The van der Waals surface area contributed by atoms with Crippen LogP contribution < -0.4 is 4.90 Å². The first-order valence-corrected chi connectivity index (χ1v) is 7.63. The Hall–Kier alpha value is -3.09. The van der Waals surface area contributed by atoms with Crippen molar-refractivity contribution in [1.82, 2.24) is 10.1 Å². The molecule has 0 radical (unpaired) electrons. The van der Waals surface area contributed by atoms with Crippen LogP contribution in [0.1, 0.15) is 12.3 Å². The molecule has 0 N–H and O–H groups in total. The van der Waals surface area contributed by atoms with Gasteiger partial charge in [-0.15, -0.1) is 0 Å². The Morgan fingerprint density at radius 3 is 2.28 bits per heavy atom. The van der Waals surface area contributed by atoms with E-state index in [-0.39, 0.29) is 30.4 Å². The fourth-order valence-electron chi connectivity index (χ4n) is 2.26. The smallest absolute Gasteiger partial charge is 0.227 e. The SMILES string of the molecule is CN(C(=O)CCc1nc(-c2ccc(F)cc2)no1)c1ccc(F)cc1. The number of aryl methyl sites for hydroxylation is 1. The lowest BCUT2D eigenvalue weighted by Crippen LogP contribution is -2.26. The highest BCUT2D eigenvalue weighted by atomic mass is 19.1. The van der Waals surface area contributed by atoms with Crippen molar-refractivity contribution in [2.75, 3.05) is 11.9 Å². The molecular formula is C18H15F2N3O2. The van der Waals surface area contributed by atoms with Crippen molar-refractivity contribution >= 4 is 11.6 Å². The van der Waals surface area contributed by atoms with Gasteiger partial charge in [-0.3, -0.25) is 4.79 Å². The summed E-state index contributed by atoms with van der Waals surface area (Å²) < 4.78 is 31.0. The summed E-state index contributed by atoms with van der Waals surface area (Å²) in [4.78, 5) is 17.9. The second-order valence-corrected chi connectivity index (χ2v) is 5.45. The lowest BCUT2D eigenvalue weighted by Gasteiger charge is -2.16. The maximum absolute atomic E-state index is 12.9. The average Bonchev–Trinajstić information content (AvgIpc) is 3.09. The van der Waals surface area contributed by atoms with Gasteiger partial charge in [0.05, 0.1) is 0 Å². The van der Waals surface area contributed by atoms with Gasteiger partial charge in [0, 0.05) is 31.1 Å². The van der Waals surface area contributed by atoms with Gasteiger partial charge in [-0.05, 0) is 48.5 Å². The Labute approximate surface area is 142 Å². The number of carbonyl (C=O) groups is 1. The van der Waals surface area contributed by atoms with E-state index in [1.54, 1.807) is 19.2 Å². The summed E-state index contributed by atoms with van der Waals surface area (Å²) in [7, 11) is 1.62. The predicted molar refractivity (Wildman–Crippen MR) is 87.8 cm³/mol. The zero-order valence-electron chi connectivity index (χ0n) is 13.4. The minimum absolute atomic E-state index is 0.159. The summed E-state index contributed by atoms with van der Waals surface area (Å²) in [5, 5.41) is 3.83. The van der Waals surface area contributed by atoms with Gasteiger partial charge >= 0.3 is 0 Å². The minimum Gasteiger partial charge on any atom is -0.339 e. The van der Waals surface area contributed by atoms with E-state index in [1.807, 2.05) is 0 Å². The van der Waals surface area contributed by atoms with Crippen LogP contribution in [0.25, 0.3) is 11.4 Å². The Bertz CT molecular complexity index is 861. The Kier molecular flexibility index (Phi) is 4.83. The third-order valence-corrected chi connectivity index (χ3v) is 3.71. The summed E-state index contributed by atoms with van der Waals surface area (Å²) in [5.74, 6) is -0.201. The number of nitrogens with zero attached hydrogens (tertiary/aromatic N) is 3. The van der Waals surface area contributed by atoms with Crippen LogP contribution in [0.4, 0.5) is 14.5 Å². The van der Waals surface area contributed by atoms with Gasteiger partial charge in [0.2, 0.25) is 17.6 Å². The minimum atomic E-state index is -0.358. The fraction of sp³-hybridized carbons (Fsp3) is 0.167. The van der Waals surface area contributed by atoms with Gasteiger partial charge in [-0.25, -0.2) is 8.78 Å². The summed E-state index contributed by atoms with van der Waals surface area (Å²) in [6.45, 7) is 0. The highest BCUT2D eigenvalue weighted by Crippen LogP contribution is 2.18. The maximum Gasteiger partial charge on any atom is 0.227 e. The van der Waals surface area contributed by atoms with E-state index in [0.29, 0.717) is 23.0 Å². The molecule has 1 amide bonds. The number of hydrogen-bond acceptors (Lipinski definition) is 4. The van der Waals surface area contributed by atoms with Gasteiger partial charge < -0.3 is 9.42 Å². The maximum atomic E-state index is 12.9. The van der Waals surface area contributed by atoms with Crippen molar-refractivity contribution in [3.63, 3.8) is 0 Å². The molecule has 0 saturated carbocycles. The molecule has 0 saturated heterocycles. The highest BCUT2D eigenvalue weighted by molar-refractivity contribution is 5.92. The normalized spacial score (nSPS) is 10.7. The number of amides is 1. The van der Waals surface area contributed by atoms with Crippen LogP contribution in [0.15, 0.2) is 53.1 Å². The first kappa shape index (κ1) is 16.8. The highest BCUT2D eigenvalue weighted by Gasteiger charge is 2.14. The second-order valence-electron chi connectivity index (χ2n) is 5.45. The Balaban J connectivity index is 1.60. The largest absolute Gasteiger partial charge is 0.339 e. The number of halogens is 2. The zero-order valence-corrected chi connectivity index (χ0v) is 13.4. The van der Waals surface area contributed by atoms with E-state index in [1.165, 1.54) is 41.3 Å². The molecule has 0 aliphatic carbocycles. The number of anilines is 1. The van der Waals surface area contributed by atoms with Crippen molar-refractivity contribution in [1.29, 1.82) is 0 Å². The Morgan fingerprint density at radius 2 is 1.64 bits per heavy atom. The number of rotatable bonds is 5. The van der Waals surface area contributed by atoms with Crippen molar-refractivity contribution in [2.24, 2.45) is 0 Å². The standard InChI is InChI=1S/C18H15F2N3O2/c1-23(15-8-6-14(20)7-9-15)17(24)11-10-16-21-18(22-25-16)12-2-4-13(19)5-3-12/h2-9H,10-11H2,1H3. The molecule has 0 fully saturated rings. The molecule has 2 aromatic carbocycles. The van der Waals surface area contributed by atoms with E-state index < -0.39 is 0 Å². The van der Waals surface area contributed by atoms with Crippen LogP contribution in [0.3, 0.4) is 0 Å². The summed E-state index contributed by atoms with van der Waals surface area (Å²) in [5.41, 5.74) is 1.23. The van der Waals surface area contributed by atoms with Crippen LogP contribution in [-0.2, 0) is 11.2 Å². The molecule has 0 bridgehead atoms. The van der Waals surface area contributed by atoms with Crippen molar-refractivity contribution in [3.05, 3.63) is 66.1 Å². The molecule has 5 nitrogen and oxygen atoms in total. The summed E-state index contributed by atoms with van der Waals surface area (Å²) in [6.07, 6.45) is 0.442. The lowest BCUT2D eigenvalue weighted by molar-refractivity contribution is -0.118. The molecule has 0 aliphatic rings. The third-order valence-electron chi connectivity index (χ3n) is 3.71. The first-order valence-electron chi connectivity index (χ1n) is 7.63. The first-order chi connectivity index (χ1) is 12.0. The van der Waals surface area contributed by atoms with Gasteiger partial charge in [0.15, 0.2) is 0 Å². The molecular weight excluding hydrogens is 328 g/mol. The molecule has 1 aromatic heterocycles. The molecule has 0 aliphatic heterocycles. The molecule has 7 heteroatoms. The van der Waals surface area contributed by atoms with E-state index in [4.69, 9.17) is 4.52 Å². The third kappa shape index (κ3) is 4.06. The van der Waals surface area contributed by atoms with Gasteiger partial charge in [0.25, 0.3) is 0 Å². The van der Waals surface area contributed by atoms with Gasteiger partial charge in [-0.2, -0.15) is 4.98 Å². The zero-order chi connectivity index (χ0) is 17.8. The molecule has 0 spiro atoms. The summed E-state index contributed by atoms with van der Waals surface area (Å²) >= 11 is 0. The van der Waals surface area contributed by atoms with Crippen molar-refractivity contribution < 1.29 is 18.1 Å². The van der Waals surface area contributed by atoms with Crippen molar-refractivity contribution in [3.8, 4) is 11.4 Å². The van der Waals surface area contributed by atoms with Crippen LogP contribution in [0.2, 0.25) is 0 Å². The average molecular weight is 343 g/mol. The molecule has 3 aromatic rings. The second kappa shape index (κ2) is 7.21. The molecule has 25 heavy (non-hydrogen) atoms. The topological polar surface area (TPSA) is 59.2 Å². The molecule has 0 unspecified atom stereocenters. The predicted octanol–water partition coefficient (Wildman–Crippen LogP) is 3.61. The number of hydrogen-bond donors (Lipinski definition) is 0. The van der Waals surface area contributed by atoms with Crippen molar-refractivity contribution in [2.45, 2.75) is 12.8 Å². The molecule has 0 atom stereocenters. The van der Waals surface area contributed by atoms with E-state index >= 15 is 0 Å². The van der Waals surface area contributed by atoms with Gasteiger partial charge in [0.1, 0.15) is 11.6 Å². The molecule has 128 valence electrons. The number of aromatic nitrogens is 2. The molecule has 1 heterocycles. The van der Waals surface area contributed by atoms with Crippen LogP contribution in [0.5, 0.6) is 0 Å². The fourth-order valence-corrected chi connectivity index (χ4v) is 2.26.